The molecule has 0 unspecified atom stereocenters. The van der Waals surface area contributed by atoms with Crippen LogP contribution in [0.4, 0.5) is 17.6 Å². The van der Waals surface area contributed by atoms with Gasteiger partial charge in [0, 0.05) is 18.1 Å². The first-order valence-electron chi connectivity index (χ1n) is 5.01. The van der Waals surface area contributed by atoms with Crippen LogP contribution in [-0.4, -0.2) is 17.9 Å². The van der Waals surface area contributed by atoms with Gasteiger partial charge in [0.2, 0.25) is 0 Å². The maximum Gasteiger partial charge on any atom is 0.389 e. The first-order valence-corrected chi connectivity index (χ1v) is 5.01. The SMILES string of the molecule is OCc1ccc(OCCCC(F)(F)F)cc1F. The van der Waals surface area contributed by atoms with Crippen molar-refractivity contribution in [3.05, 3.63) is 29.6 Å². The molecule has 17 heavy (non-hydrogen) atoms. The van der Waals surface area contributed by atoms with Crippen molar-refractivity contribution < 1.29 is 27.4 Å². The van der Waals surface area contributed by atoms with Crippen LogP contribution in [0.2, 0.25) is 0 Å². The van der Waals surface area contributed by atoms with E-state index in [1.807, 2.05) is 0 Å². The predicted molar refractivity (Wildman–Crippen MR) is 53.1 cm³/mol. The Morgan fingerprint density at radius 1 is 1.24 bits per heavy atom. The van der Waals surface area contributed by atoms with Crippen LogP contribution in [0, 0.1) is 5.82 Å². The summed E-state index contributed by atoms with van der Waals surface area (Å²) in [5.41, 5.74) is 0.118. The van der Waals surface area contributed by atoms with Crippen LogP contribution >= 0.6 is 0 Å². The van der Waals surface area contributed by atoms with Crippen molar-refractivity contribution in [1.29, 1.82) is 0 Å². The summed E-state index contributed by atoms with van der Waals surface area (Å²) in [6, 6.07) is 3.77. The number of hydrogen-bond donors (Lipinski definition) is 1. The third kappa shape index (κ3) is 5.04. The zero-order valence-electron chi connectivity index (χ0n) is 8.93. The lowest BCUT2D eigenvalue weighted by Crippen LogP contribution is -2.09. The Hall–Kier alpha value is -1.30. The Labute approximate surface area is 95.8 Å². The van der Waals surface area contributed by atoms with Gasteiger partial charge in [0.15, 0.2) is 0 Å². The minimum Gasteiger partial charge on any atom is -0.493 e. The van der Waals surface area contributed by atoms with Gasteiger partial charge in [-0.1, -0.05) is 6.07 Å². The van der Waals surface area contributed by atoms with E-state index in [0.29, 0.717) is 0 Å². The van der Waals surface area contributed by atoms with Crippen molar-refractivity contribution in [2.45, 2.75) is 25.6 Å². The number of ether oxygens (including phenoxy) is 1. The third-order valence-corrected chi connectivity index (χ3v) is 2.07. The van der Waals surface area contributed by atoms with E-state index in [4.69, 9.17) is 9.84 Å². The molecule has 0 spiro atoms. The largest absolute Gasteiger partial charge is 0.493 e. The number of alkyl halides is 3. The highest BCUT2D eigenvalue weighted by Gasteiger charge is 2.26. The number of hydrogen-bond acceptors (Lipinski definition) is 2. The number of halogens is 4. The lowest BCUT2D eigenvalue weighted by atomic mass is 10.2. The maximum absolute atomic E-state index is 13.1. The second-order valence-electron chi connectivity index (χ2n) is 3.48. The van der Waals surface area contributed by atoms with Gasteiger partial charge < -0.3 is 9.84 Å². The first kappa shape index (κ1) is 13.8. The second kappa shape index (κ2) is 5.86. The number of rotatable bonds is 5. The highest BCUT2D eigenvalue weighted by atomic mass is 19.4. The number of aliphatic hydroxyl groups is 1. The average Bonchev–Trinajstić information content (AvgIpc) is 2.23. The van der Waals surface area contributed by atoms with E-state index in [2.05, 4.69) is 0 Å². The fourth-order valence-corrected chi connectivity index (χ4v) is 1.21. The monoisotopic (exact) mass is 252 g/mol. The Balaban J connectivity index is 2.40. The average molecular weight is 252 g/mol. The maximum atomic E-state index is 13.1. The Kier molecular flexibility index (Phi) is 4.74. The second-order valence-corrected chi connectivity index (χ2v) is 3.48. The molecule has 1 aromatic rings. The summed E-state index contributed by atoms with van der Waals surface area (Å²) >= 11 is 0. The van der Waals surface area contributed by atoms with Crippen LogP contribution < -0.4 is 4.74 Å². The smallest absolute Gasteiger partial charge is 0.389 e. The summed E-state index contributed by atoms with van der Waals surface area (Å²) in [7, 11) is 0. The fraction of sp³-hybridized carbons (Fsp3) is 0.455. The van der Waals surface area contributed by atoms with Gasteiger partial charge in [-0.15, -0.1) is 0 Å². The molecule has 0 atom stereocenters. The molecule has 0 aliphatic rings. The standard InChI is InChI=1S/C11H12F4O2/c12-10-6-9(3-2-8(10)7-16)17-5-1-4-11(13,14)15/h2-3,6,16H,1,4-5,7H2. The quantitative estimate of drug-likeness (QED) is 0.644. The zero-order valence-corrected chi connectivity index (χ0v) is 8.93. The zero-order chi connectivity index (χ0) is 12.9. The Morgan fingerprint density at radius 2 is 1.94 bits per heavy atom. The van der Waals surface area contributed by atoms with Crippen molar-refractivity contribution in [3.8, 4) is 5.75 Å². The van der Waals surface area contributed by atoms with Crippen molar-refractivity contribution in [2.24, 2.45) is 0 Å². The normalized spacial score (nSPS) is 11.6. The minimum atomic E-state index is -4.20. The van der Waals surface area contributed by atoms with Gasteiger partial charge in [-0.05, 0) is 12.5 Å². The molecular formula is C11H12F4O2. The van der Waals surface area contributed by atoms with Crippen LogP contribution in [0.3, 0.4) is 0 Å². The topological polar surface area (TPSA) is 29.5 Å². The molecule has 0 saturated heterocycles. The molecule has 0 radical (unpaired) electrons. The number of benzene rings is 1. The molecule has 6 heteroatoms. The lowest BCUT2D eigenvalue weighted by Gasteiger charge is -2.09. The summed E-state index contributed by atoms with van der Waals surface area (Å²) in [6.07, 6.45) is -5.30. The molecular weight excluding hydrogens is 240 g/mol. The molecule has 0 amide bonds. The van der Waals surface area contributed by atoms with Gasteiger partial charge in [0.05, 0.1) is 13.2 Å². The Bertz CT molecular complexity index is 363. The van der Waals surface area contributed by atoms with E-state index >= 15 is 0 Å². The van der Waals surface area contributed by atoms with Gasteiger partial charge >= 0.3 is 6.18 Å². The van der Waals surface area contributed by atoms with E-state index in [-0.39, 0.29) is 24.3 Å². The highest BCUT2D eigenvalue weighted by Crippen LogP contribution is 2.22. The molecule has 0 bridgehead atoms. The van der Waals surface area contributed by atoms with Crippen molar-refractivity contribution in [2.75, 3.05) is 6.61 Å². The summed E-state index contributed by atoms with van der Waals surface area (Å²) in [5, 5.41) is 8.71. The predicted octanol–water partition coefficient (Wildman–Crippen LogP) is 3.04. The molecule has 1 aromatic carbocycles. The van der Waals surface area contributed by atoms with Crippen LogP contribution in [0.25, 0.3) is 0 Å². The van der Waals surface area contributed by atoms with Crippen LogP contribution in [-0.2, 0) is 6.61 Å². The van der Waals surface area contributed by atoms with Crippen LogP contribution in [0.5, 0.6) is 5.75 Å². The van der Waals surface area contributed by atoms with E-state index in [1.54, 1.807) is 0 Å². The fourth-order valence-electron chi connectivity index (χ4n) is 1.21. The van der Waals surface area contributed by atoms with Crippen LogP contribution in [0.1, 0.15) is 18.4 Å². The first-order chi connectivity index (χ1) is 7.92. The molecule has 0 saturated carbocycles. The lowest BCUT2D eigenvalue weighted by molar-refractivity contribution is -0.136. The molecule has 1 rings (SSSR count). The van der Waals surface area contributed by atoms with E-state index in [9.17, 15) is 17.6 Å². The molecule has 0 heterocycles. The summed E-state index contributed by atoms with van der Waals surface area (Å²) in [5.74, 6) is -0.484. The minimum absolute atomic E-state index is 0.118. The molecule has 1 N–H and O–H groups in total. The van der Waals surface area contributed by atoms with E-state index in [1.165, 1.54) is 12.1 Å². The van der Waals surface area contributed by atoms with Gasteiger partial charge in [-0.25, -0.2) is 4.39 Å². The molecule has 2 nitrogen and oxygen atoms in total. The van der Waals surface area contributed by atoms with Crippen molar-refractivity contribution in [3.63, 3.8) is 0 Å². The van der Waals surface area contributed by atoms with Gasteiger partial charge in [0.1, 0.15) is 11.6 Å². The van der Waals surface area contributed by atoms with E-state index < -0.39 is 25.0 Å². The summed E-state index contributed by atoms with van der Waals surface area (Å²) in [6.45, 7) is -0.558. The third-order valence-electron chi connectivity index (χ3n) is 2.07. The van der Waals surface area contributed by atoms with Crippen molar-refractivity contribution >= 4 is 0 Å². The van der Waals surface area contributed by atoms with Crippen LogP contribution in [0.15, 0.2) is 18.2 Å². The van der Waals surface area contributed by atoms with Crippen molar-refractivity contribution in [1.82, 2.24) is 0 Å². The highest BCUT2D eigenvalue weighted by molar-refractivity contribution is 5.28. The summed E-state index contributed by atoms with van der Waals surface area (Å²) < 4.78 is 53.5. The molecule has 96 valence electrons. The molecule has 0 aliphatic heterocycles. The van der Waals surface area contributed by atoms with Gasteiger partial charge in [0.25, 0.3) is 0 Å². The molecule has 0 aliphatic carbocycles. The molecule has 0 fully saturated rings. The molecule has 0 aromatic heterocycles. The number of aliphatic hydroxyl groups excluding tert-OH is 1. The van der Waals surface area contributed by atoms with E-state index in [0.717, 1.165) is 6.07 Å². The Morgan fingerprint density at radius 3 is 2.47 bits per heavy atom. The van der Waals surface area contributed by atoms with Gasteiger partial charge in [-0.2, -0.15) is 13.2 Å². The van der Waals surface area contributed by atoms with Gasteiger partial charge in [-0.3, -0.25) is 0 Å². The summed E-state index contributed by atoms with van der Waals surface area (Å²) in [4.78, 5) is 0.